The molecule has 2 fully saturated rings. The predicted octanol–water partition coefficient (Wildman–Crippen LogP) is 1.89. The van der Waals surface area contributed by atoms with Crippen LogP contribution in [0.15, 0.2) is 36.4 Å². The number of likely N-dealkylation sites (N-methyl/N-ethyl adjacent to an activating group) is 1. The molecule has 0 unspecified atom stereocenters. The maximum Gasteiger partial charge on any atom is 0.272 e. The van der Waals surface area contributed by atoms with Gasteiger partial charge in [0, 0.05) is 63.7 Å². The molecule has 2 saturated heterocycles. The molecule has 1 aromatic carbocycles. The van der Waals surface area contributed by atoms with Crippen molar-refractivity contribution >= 4 is 17.5 Å². The summed E-state index contributed by atoms with van der Waals surface area (Å²) in [6.45, 7) is 12.1. The molecule has 0 radical (unpaired) electrons. The van der Waals surface area contributed by atoms with Gasteiger partial charge in [-0.3, -0.25) is 4.79 Å². The van der Waals surface area contributed by atoms with E-state index in [1.54, 1.807) is 0 Å². The van der Waals surface area contributed by atoms with E-state index >= 15 is 0 Å². The zero-order valence-corrected chi connectivity index (χ0v) is 17.4. The molecule has 0 atom stereocenters. The fraction of sp³-hybridized carbons (Fsp3) is 0.500. The van der Waals surface area contributed by atoms with E-state index in [1.807, 2.05) is 24.0 Å². The maximum absolute atomic E-state index is 13.0. The van der Waals surface area contributed by atoms with Crippen molar-refractivity contribution in [2.24, 2.45) is 0 Å². The molecule has 0 N–H and O–H groups in total. The van der Waals surface area contributed by atoms with E-state index in [0.29, 0.717) is 11.6 Å². The van der Waals surface area contributed by atoms with Crippen molar-refractivity contribution in [2.45, 2.75) is 13.8 Å². The molecular weight excluding hydrogens is 364 g/mol. The Labute approximate surface area is 172 Å². The minimum Gasteiger partial charge on any atom is -0.368 e. The molecular formula is C22H30N6O. The molecule has 0 aliphatic carbocycles. The van der Waals surface area contributed by atoms with Gasteiger partial charge >= 0.3 is 0 Å². The quantitative estimate of drug-likeness (QED) is 0.789. The van der Waals surface area contributed by atoms with Gasteiger partial charge in [0.1, 0.15) is 5.69 Å². The minimum atomic E-state index is 0.0235. The van der Waals surface area contributed by atoms with Crippen LogP contribution in [0.25, 0.3) is 0 Å². The molecule has 7 nitrogen and oxygen atoms in total. The Kier molecular flexibility index (Phi) is 5.94. The number of hydrogen-bond acceptors (Lipinski definition) is 6. The summed E-state index contributed by atoms with van der Waals surface area (Å²) in [7, 11) is 0. The maximum atomic E-state index is 13.0. The lowest BCUT2D eigenvalue weighted by atomic mass is 10.2. The van der Waals surface area contributed by atoms with Crippen molar-refractivity contribution in [1.82, 2.24) is 19.8 Å². The topological polar surface area (TPSA) is 55.8 Å². The standard InChI is InChI=1S/C22H30N6O/c1-3-25-9-11-27(12-10-25)21(29)20-17-18(2)23-22(24-20)28-15-13-26(14-16-28)19-7-5-4-6-8-19/h4-8,17H,3,9-16H2,1-2H3. The van der Waals surface area contributed by atoms with Gasteiger partial charge in [0.15, 0.2) is 0 Å². The normalized spacial score (nSPS) is 18.2. The van der Waals surface area contributed by atoms with Crippen LogP contribution in [0.4, 0.5) is 11.6 Å². The Morgan fingerprint density at radius 1 is 0.897 bits per heavy atom. The van der Waals surface area contributed by atoms with Crippen LogP contribution in [0.1, 0.15) is 23.1 Å². The summed E-state index contributed by atoms with van der Waals surface area (Å²) in [4.78, 5) is 31.2. The molecule has 2 aliphatic heterocycles. The van der Waals surface area contributed by atoms with Crippen LogP contribution in [0.3, 0.4) is 0 Å². The van der Waals surface area contributed by atoms with Crippen molar-refractivity contribution in [1.29, 1.82) is 0 Å². The second-order valence-electron chi connectivity index (χ2n) is 7.73. The van der Waals surface area contributed by atoms with Crippen molar-refractivity contribution in [2.75, 3.05) is 68.7 Å². The van der Waals surface area contributed by atoms with E-state index < -0.39 is 0 Å². The molecule has 2 aliphatic rings. The Morgan fingerprint density at radius 3 is 2.21 bits per heavy atom. The SMILES string of the molecule is CCN1CCN(C(=O)c2cc(C)nc(N3CCN(c4ccccc4)CC3)n2)CC1. The number of carbonyl (C=O) groups is 1. The average Bonchev–Trinajstić information content (AvgIpc) is 2.79. The molecule has 0 spiro atoms. The molecule has 154 valence electrons. The first-order valence-corrected chi connectivity index (χ1v) is 10.6. The number of aryl methyl sites for hydroxylation is 1. The third kappa shape index (κ3) is 4.50. The average molecular weight is 395 g/mol. The number of rotatable bonds is 4. The number of carbonyl (C=O) groups excluding carboxylic acids is 1. The van der Waals surface area contributed by atoms with E-state index in [-0.39, 0.29) is 5.91 Å². The summed E-state index contributed by atoms with van der Waals surface area (Å²) >= 11 is 0. The lowest BCUT2D eigenvalue weighted by Crippen LogP contribution is -2.49. The second kappa shape index (κ2) is 8.78. The van der Waals surface area contributed by atoms with Crippen LogP contribution < -0.4 is 9.80 Å². The van der Waals surface area contributed by atoms with Gasteiger partial charge in [0.05, 0.1) is 0 Å². The molecule has 1 aromatic heterocycles. The Bertz CT molecular complexity index is 826. The first kappa shape index (κ1) is 19.6. The smallest absolute Gasteiger partial charge is 0.272 e. The molecule has 29 heavy (non-hydrogen) atoms. The third-order valence-corrected chi connectivity index (χ3v) is 5.85. The van der Waals surface area contributed by atoms with Crippen LogP contribution in [0.2, 0.25) is 0 Å². The Balaban J connectivity index is 1.43. The summed E-state index contributed by atoms with van der Waals surface area (Å²) in [6, 6.07) is 12.3. The minimum absolute atomic E-state index is 0.0235. The number of benzene rings is 1. The Hall–Kier alpha value is -2.67. The highest BCUT2D eigenvalue weighted by Crippen LogP contribution is 2.19. The summed E-state index contributed by atoms with van der Waals surface area (Å²) in [5, 5.41) is 0. The largest absolute Gasteiger partial charge is 0.368 e. The lowest BCUT2D eigenvalue weighted by molar-refractivity contribution is 0.0637. The monoisotopic (exact) mass is 394 g/mol. The number of aromatic nitrogens is 2. The van der Waals surface area contributed by atoms with Gasteiger partial charge in [-0.05, 0) is 31.7 Å². The number of piperazine rings is 2. The van der Waals surface area contributed by atoms with Crippen LogP contribution in [0.5, 0.6) is 0 Å². The highest BCUT2D eigenvalue weighted by molar-refractivity contribution is 5.92. The first-order chi connectivity index (χ1) is 14.1. The van der Waals surface area contributed by atoms with Crippen molar-refractivity contribution in [3.05, 3.63) is 47.8 Å². The summed E-state index contributed by atoms with van der Waals surface area (Å²) in [6.07, 6.45) is 0. The van der Waals surface area contributed by atoms with Crippen LogP contribution in [0, 0.1) is 6.92 Å². The second-order valence-corrected chi connectivity index (χ2v) is 7.73. The van der Waals surface area contributed by atoms with Gasteiger partial charge in [0.25, 0.3) is 5.91 Å². The van der Waals surface area contributed by atoms with Crippen molar-refractivity contribution in [3.8, 4) is 0 Å². The zero-order chi connectivity index (χ0) is 20.2. The molecule has 0 saturated carbocycles. The van der Waals surface area contributed by atoms with E-state index in [9.17, 15) is 4.79 Å². The first-order valence-electron chi connectivity index (χ1n) is 10.6. The number of anilines is 2. The van der Waals surface area contributed by atoms with Gasteiger partial charge in [-0.25, -0.2) is 9.97 Å². The van der Waals surface area contributed by atoms with Gasteiger partial charge in [-0.1, -0.05) is 25.1 Å². The van der Waals surface area contributed by atoms with Crippen LogP contribution in [-0.2, 0) is 0 Å². The zero-order valence-electron chi connectivity index (χ0n) is 17.4. The molecule has 0 bridgehead atoms. The van der Waals surface area contributed by atoms with E-state index in [4.69, 9.17) is 0 Å². The predicted molar refractivity (Wildman–Crippen MR) is 116 cm³/mol. The summed E-state index contributed by atoms with van der Waals surface area (Å²) in [5.41, 5.74) is 2.61. The molecule has 2 aromatic rings. The highest BCUT2D eigenvalue weighted by Gasteiger charge is 2.25. The highest BCUT2D eigenvalue weighted by atomic mass is 16.2. The van der Waals surface area contributed by atoms with Crippen LogP contribution >= 0.6 is 0 Å². The van der Waals surface area contributed by atoms with Gasteiger partial charge < -0.3 is 19.6 Å². The fourth-order valence-electron chi connectivity index (χ4n) is 4.04. The van der Waals surface area contributed by atoms with E-state index in [2.05, 4.69) is 55.9 Å². The molecule has 3 heterocycles. The number of nitrogens with zero attached hydrogens (tertiary/aromatic N) is 6. The van der Waals surface area contributed by atoms with Crippen LogP contribution in [-0.4, -0.2) is 84.6 Å². The molecule has 4 rings (SSSR count). The van der Waals surface area contributed by atoms with Crippen molar-refractivity contribution < 1.29 is 4.79 Å². The third-order valence-electron chi connectivity index (χ3n) is 5.85. The van der Waals surface area contributed by atoms with E-state index in [0.717, 1.165) is 64.6 Å². The van der Waals surface area contributed by atoms with Gasteiger partial charge in [-0.15, -0.1) is 0 Å². The number of para-hydroxylation sites is 1. The van der Waals surface area contributed by atoms with E-state index in [1.165, 1.54) is 5.69 Å². The number of hydrogen-bond donors (Lipinski definition) is 0. The fourth-order valence-corrected chi connectivity index (χ4v) is 4.04. The van der Waals surface area contributed by atoms with Gasteiger partial charge in [-0.2, -0.15) is 0 Å². The lowest BCUT2D eigenvalue weighted by Gasteiger charge is -2.36. The molecule has 1 amide bonds. The summed E-state index contributed by atoms with van der Waals surface area (Å²) < 4.78 is 0. The van der Waals surface area contributed by atoms with Crippen molar-refractivity contribution in [3.63, 3.8) is 0 Å². The summed E-state index contributed by atoms with van der Waals surface area (Å²) in [5.74, 6) is 0.698. The number of amides is 1. The molecule has 7 heteroatoms. The Morgan fingerprint density at radius 2 is 1.55 bits per heavy atom. The van der Waals surface area contributed by atoms with Gasteiger partial charge in [0.2, 0.25) is 5.95 Å².